The van der Waals surface area contributed by atoms with E-state index in [0.29, 0.717) is 0 Å². The third kappa shape index (κ3) is 4.93. The number of aliphatic hydroxyl groups is 5. The Bertz CT molecular complexity index is 966. The highest BCUT2D eigenvalue weighted by atomic mass is 16.8. The minimum absolute atomic E-state index is 0.0951. The number of carbonyl (C=O) groups is 1. The van der Waals surface area contributed by atoms with E-state index in [2.05, 4.69) is 0 Å². The standard InChI is InChI=1S/C25H32O11/c1-24(36-17(27)9-8-14-6-4-3-5-7-14)12-16(32-2)25(31)10-11-33-23(21(24)25)35-22-20(30)19(29)18(28)15(13-26)34-22/h3-11,15-16,18-23,26,28-31H,12-13H2,1-2H3/b9-8+/t15-,16-,18-,19+,20-,21+,22+,23+,24+,25-/m1/s1. The maximum Gasteiger partial charge on any atom is 0.331 e. The molecule has 3 aliphatic rings. The molecule has 4 rings (SSSR count). The van der Waals surface area contributed by atoms with Gasteiger partial charge < -0.3 is 49.2 Å². The lowest BCUT2D eigenvalue weighted by molar-refractivity contribution is -0.351. The van der Waals surface area contributed by atoms with Gasteiger partial charge in [-0.2, -0.15) is 0 Å². The Morgan fingerprint density at radius 2 is 1.86 bits per heavy atom. The molecule has 1 saturated heterocycles. The van der Waals surface area contributed by atoms with Gasteiger partial charge in [-0.05, 0) is 24.6 Å². The Hall–Kier alpha value is -2.35. The fourth-order valence-corrected chi connectivity index (χ4v) is 5.16. The van der Waals surface area contributed by atoms with Crippen LogP contribution in [0.1, 0.15) is 18.9 Å². The van der Waals surface area contributed by atoms with Gasteiger partial charge in [0.2, 0.25) is 6.29 Å². The third-order valence-electron chi connectivity index (χ3n) is 7.03. The van der Waals surface area contributed by atoms with E-state index in [1.54, 1.807) is 13.0 Å². The van der Waals surface area contributed by atoms with E-state index in [0.717, 1.165) is 5.56 Å². The fraction of sp³-hybridized carbons (Fsp3) is 0.560. The smallest absolute Gasteiger partial charge is 0.331 e. The van der Waals surface area contributed by atoms with E-state index >= 15 is 0 Å². The maximum atomic E-state index is 12.8. The quantitative estimate of drug-likeness (QED) is 0.237. The monoisotopic (exact) mass is 508 g/mol. The number of aliphatic hydroxyl groups excluding tert-OH is 4. The van der Waals surface area contributed by atoms with Gasteiger partial charge in [0.1, 0.15) is 35.6 Å². The molecule has 0 radical (unpaired) electrons. The summed E-state index contributed by atoms with van der Waals surface area (Å²) in [6.45, 7) is 0.973. The van der Waals surface area contributed by atoms with Crippen molar-refractivity contribution in [1.82, 2.24) is 0 Å². The van der Waals surface area contributed by atoms with Gasteiger partial charge in [0.25, 0.3) is 0 Å². The van der Waals surface area contributed by atoms with Crippen molar-refractivity contribution in [3.63, 3.8) is 0 Å². The van der Waals surface area contributed by atoms with Crippen molar-refractivity contribution in [2.75, 3.05) is 13.7 Å². The molecule has 11 heteroatoms. The van der Waals surface area contributed by atoms with Gasteiger partial charge in [-0.3, -0.25) is 0 Å². The van der Waals surface area contributed by atoms with Crippen LogP contribution in [-0.2, 0) is 28.5 Å². The van der Waals surface area contributed by atoms with Gasteiger partial charge >= 0.3 is 5.97 Å². The summed E-state index contributed by atoms with van der Waals surface area (Å²) in [5.74, 6) is -1.71. The Morgan fingerprint density at radius 1 is 1.14 bits per heavy atom. The number of esters is 1. The summed E-state index contributed by atoms with van der Waals surface area (Å²) >= 11 is 0. The SMILES string of the molecule is CO[C@@H]1C[C@](C)(OC(=O)/C=C/c2ccccc2)[C@@H]2[C@H](O[C@@H]3O[C@H](CO)[C@@H](O)[C@H](O)[C@H]3O)OC=C[C@]21O. The number of fused-ring (bicyclic) bond motifs is 1. The first-order chi connectivity index (χ1) is 17.1. The minimum Gasteiger partial charge on any atom is -0.472 e. The van der Waals surface area contributed by atoms with E-state index in [1.807, 2.05) is 30.3 Å². The van der Waals surface area contributed by atoms with Crippen LogP contribution in [0.4, 0.5) is 0 Å². The molecule has 0 bridgehead atoms. The Labute approximate surface area is 208 Å². The first-order valence-electron chi connectivity index (χ1n) is 11.6. The van der Waals surface area contributed by atoms with E-state index in [1.165, 1.54) is 25.5 Å². The van der Waals surface area contributed by atoms with Crippen molar-refractivity contribution >= 4 is 12.0 Å². The van der Waals surface area contributed by atoms with Crippen molar-refractivity contribution < 1.29 is 54.0 Å². The average Bonchev–Trinajstić information content (AvgIpc) is 3.10. The van der Waals surface area contributed by atoms with Gasteiger partial charge in [0, 0.05) is 19.6 Å². The van der Waals surface area contributed by atoms with Crippen molar-refractivity contribution in [2.24, 2.45) is 5.92 Å². The van der Waals surface area contributed by atoms with Crippen LogP contribution in [0.2, 0.25) is 0 Å². The van der Waals surface area contributed by atoms with Crippen LogP contribution < -0.4 is 0 Å². The predicted molar refractivity (Wildman–Crippen MR) is 123 cm³/mol. The molecule has 2 heterocycles. The van der Waals surface area contributed by atoms with Crippen molar-refractivity contribution in [3.8, 4) is 0 Å². The molecule has 1 aromatic carbocycles. The highest BCUT2D eigenvalue weighted by Gasteiger charge is 2.67. The van der Waals surface area contributed by atoms with Crippen LogP contribution in [0.25, 0.3) is 6.08 Å². The lowest BCUT2D eigenvalue weighted by atomic mass is 9.81. The number of rotatable bonds is 7. The molecule has 10 atom stereocenters. The van der Waals surface area contributed by atoms with Crippen LogP contribution in [-0.4, -0.2) is 99.5 Å². The Kier molecular flexibility index (Phi) is 7.83. The Balaban J connectivity index is 1.58. The zero-order valence-electron chi connectivity index (χ0n) is 19.9. The van der Waals surface area contributed by atoms with Gasteiger partial charge in [-0.15, -0.1) is 0 Å². The van der Waals surface area contributed by atoms with Gasteiger partial charge in [0.05, 0.1) is 24.9 Å². The van der Waals surface area contributed by atoms with Crippen LogP contribution in [0, 0.1) is 5.92 Å². The highest BCUT2D eigenvalue weighted by molar-refractivity contribution is 5.87. The molecule has 198 valence electrons. The van der Waals surface area contributed by atoms with E-state index in [4.69, 9.17) is 23.7 Å². The topological polar surface area (TPSA) is 164 Å². The maximum absolute atomic E-state index is 12.8. The van der Waals surface area contributed by atoms with E-state index in [-0.39, 0.29) is 6.42 Å². The molecular formula is C25H32O11. The lowest BCUT2D eigenvalue weighted by Crippen LogP contribution is -2.62. The number of carbonyl (C=O) groups excluding carboxylic acids is 1. The zero-order valence-corrected chi connectivity index (χ0v) is 19.9. The first-order valence-corrected chi connectivity index (χ1v) is 11.6. The summed E-state index contributed by atoms with van der Waals surface area (Å²) in [7, 11) is 1.42. The van der Waals surface area contributed by atoms with Crippen molar-refractivity contribution in [1.29, 1.82) is 0 Å². The van der Waals surface area contributed by atoms with E-state index < -0.39 is 72.8 Å². The molecule has 2 fully saturated rings. The summed E-state index contributed by atoms with van der Waals surface area (Å²) in [6, 6.07) is 9.17. The number of methoxy groups -OCH3 is 1. The van der Waals surface area contributed by atoms with Crippen molar-refractivity contribution in [2.45, 2.75) is 67.6 Å². The summed E-state index contributed by atoms with van der Waals surface area (Å²) in [6.07, 6.45) is -4.20. The lowest BCUT2D eigenvalue weighted by Gasteiger charge is -2.46. The van der Waals surface area contributed by atoms with Crippen molar-refractivity contribution in [3.05, 3.63) is 54.3 Å². The van der Waals surface area contributed by atoms with Gasteiger partial charge in [0.15, 0.2) is 6.29 Å². The summed E-state index contributed by atoms with van der Waals surface area (Å²) in [5.41, 5.74) is -2.23. The summed E-state index contributed by atoms with van der Waals surface area (Å²) in [5, 5.41) is 51.6. The summed E-state index contributed by atoms with van der Waals surface area (Å²) < 4.78 is 28.2. The second-order valence-electron chi connectivity index (χ2n) is 9.41. The number of hydrogen-bond acceptors (Lipinski definition) is 11. The second-order valence-corrected chi connectivity index (χ2v) is 9.41. The fourth-order valence-electron chi connectivity index (χ4n) is 5.16. The molecule has 11 nitrogen and oxygen atoms in total. The molecule has 0 unspecified atom stereocenters. The molecule has 5 N–H and O–H groups in total. The predicted octanol–water partition coefficient (Wildman–Crippen LogP) is -0.546. The normalized spacial score (nSPS) is 42.2. The first kappa shape index (κ1) is 26.7. The number of ether oxygens (including phenoxy) is 5. The summed E-state index contributed by atoms with van der Waals surface area (Å²) in [4.78, 5) is 12.8. The van der Waals surface area contributed by atoms with Crippen LogP contribution >= 0.6 is 0 Å². The molecule has 36 heavy (non-hydrogen) atoms. The Morgan fingerprint density at radius 3 is 2.53 bits per heavy atom. The highest BCUT2D eigenvalue weighted by Crippen LogP contribution is 2.52. The molecule has 0 aromatic heterocycles. The molecule has 1 aromatic rings. The van der Waals surface area contributed by atoms with E-state index in [9.17, 15) is 30.3 Å². The molecule has 0 amide bonds. The average molecular weight is 509 g/mol. The van der Waals surface area contributed by atoms with Gasteiger partial charge in [-0.25, -0.2) is 4.79 Å². The van der Waals surface area contributed by atoms with Crippen LogP contribution in [0.5, 0.6) is 0 Å². The minimum atomic E-state index is -1.69. The van der Waals surface area contributed by atoms with Crippen LogP contribution in [0.3, 0.4) is 0 Å². The molecule has 2 aliphatic heterocycles. The molecular weight excluding hydrogens is 476 g/mol. The molecule has 1 saturated carbocycles. The zero-order chi connectivity index (χ0) is 26.1. The van der Waals surface area contributed by atoms with Crippen LogP contribution in [0.15, 0.2) is 48.7 Å². The molecule has 0 spiro atoms. The number of hydrogen-bond donors (Lipinski definition) is 5. The largest absolute Gasteiger partial charge is 0.472 e. The van der Waals surface area contributed by atoms with Gasteiger partial charge in [-0.1, -0.05) is 30.3 Å². The third-order valence-corrected chi connectivity index (χ3v) is 7.03. The molecule has 1 aliphatic carbocycles. The number of benzene rings is 1. The second kappa shape index (κ2) is 10.6.